The van der Waals surface area contributed by atoms with Crippen LogP contribution in [0.3, 0.4) is 0 Å². The second-order valence-corrected chi connectivity index (χ2v) is 3.24. The fraction of sp³-hybridized carbons (Fsp3) is 0.300. The monoisotopic (exact) mass is 198 g/mol. The van der Waals surface area contributed by atoms with Crippen LogP contribution in [-0.4, -0.2) is 11.4 Å². The SMILES string of the molecule is CCCc1c(Cl)ccc(C=O)c1O. The lowest BCUT2D eigenvalue weighted by Gasteiger charge is -2.06. The molecule has 0 fully saturated rings. The van der Waals surface area contributed by atoms with Crippen LogP contribution in [0.15, 0.2) is 12.1 Å². The first-order valence-corrected chi connectivity index (χ1v) is 4.54. The molecular weight excluding hydrogens is 188 g/mol. The maximum Gasteiger partial charge on any atom is 0.153 e. The molecule has 1 aromatic rings. The Bertz CT molecular complexity index is 321. The summed E-state index contributed by atoms with van der Waals surface area (Å²) in [6.07, 6.45) is 2.20. The molecule has 0 saturated heterocycles. The number of halogens is 1. The van der Waals surface area contributed by atoms with Crippen molar-refractivity contribution in [3.63, 3.8) is 0 Å². The number of hydrogen-bond donors (Lipinski definition) is 1. The van der Waals surface area contributed by atoms with Crippen molar-refractivity contribution in [1.82, 2.24) is 0 Å². The number of carbonyl (C=O) groups is 1. The first kappa shape index (κ1) is 10.1. The Labute approximate surface area is 82.2 Å². The van der Waals surface area contributed by atoms with Crippen molar-refractivity contribution >= 4 is 17.9 Å². The highest BCUT2D eigenvalue weighted by Crippen LogP contribution is 2.29. The molecule has 0 spiro atoms. The van der Waals surface area contributed by atoms with E-state index in [1.807, 2.05) is 6.92 Å². The number of phenols is 1. The molecule has 0 bridgehead atoms. The van der Waals surface area contributed by atoms with Gasteiger partial charge in [0.05, 0.1) is 5.56 Å². The fourth-order valence-corrected chi connectivity index (χ4v) is 1.46. The molecule has 0 atom stereocenters. The second kappa shape index (κ2) is 4.28. The van der Waals surface area contributed by atoms with Crippen molar-refractivity contribution in [2.75, 3.05) is 0 Å². The average Bonchev–Trinajstić information content (AvgIpc) is 2.12. The van der Waals surface area contributed by atoms with Crippen molar-refractivity contribution in [2.45, 2.75) is 19.8 Å². The van der Waals surface area contributed by atoms with Gasteiger partial charge in [-0.05, 0) is 18.6 Å². The predicted octanol–water partition coefficient (Wildman–Crippen LogP) is 2.81. The van der Waals surface area contributed by atoms with Gasteiger partial charge >= 0.3 is 0 Å². The summed E-state index contributed by atoms with van der Waals surface area (Å²) in [4.78, 5) is 10.5. The Morgan fingerprint density at radius 2 is 2.23 bits per heavy atom. The molecule has 0 aliphatic rings. The molecule has 0 heterocycles. The average molecular weight is 199 g/mol. The van der Waals surface area contributed by atoms with Crippen LogP contribution in [0, 0.1) is 0 Å². The summed E-state index contributed by atoms with van der Waals surface area (Å²) in [5.74, 6) is 0.0179. The van der Waals surface area contributed by atoms with Gasteiger partial charge in [-0.1, -0.05) is 24.9 Å². The Hall–Kier alpha value is -1.02. The highest BCUT2D eigenvalue weighted by atomic mass is 35.5. The highest BCUT2D eigenvalue weighted by molar-refractivity contribution is 6.31. The van der Waals surface area contributed by atoms with E-state index in [2.05, 4.69) is 0 Å². The van der Waals surface area contributed by atoms with E-state index in [-0.39, 0.29) is 5.75 Å². The molecule has 0 amide bonds. The van der Waals surface area contributed by atoms with Crippen molar-refractivity contribution in [3.05, 3.63) is 28.3 Å². The van der Waals surface area contributed by atoms with Gasteiger partial charge in [-0.15, -0.1) is 0 Å². The Morgan fingerprint density at radius 3 is 2.77 bits per heavy atom. The molecule has 2 nitrogen and oxygen atoms in total. The molecule has 13 heavy (non-hydrogen) atoms. The van der Waals surface area contributed by atoms with Gasteiger partial charge in [0.1, 0.15) is 5.75 Å². The Morgan fingerprint density at radius 1 is 1.54 bits per heavy atom. The van der Waals surface area contributed by atoms with E-state index in [0.29, 0.717) is 28.9 Å². The quantitative estimate of drug-likeness (QED) is 0.759. The third kappa shape index (κ3) is 2.01. The zero-order valence-electron chi connectivity index (χ0n) is 7.38. The summed E-state index contributed by atoms with van der Waals surface area (Å²) in [5.41, 5.74) is 0.960. The number of hydrogen-bond acceptors (Lipinski definition) is 2. The largest absolute Gasteiger partial charge is 0.507 e. The van der Waals surface area contributed by atoms with Gasteiger partial charge in [-0.3, -0.25) is 4.79 Å². The molecule has 0 aliphatic carbocycles. The van der Waals surface area contributed by atoms with Crippen LogP contribution >= 0.6 is 11.6 Å². The summed E-state index contributed by atoms with van der Waals surface area (Å²) in [5, 5.41) is 10.1. The first-order valence-electron chi connectivity index (χ1n) is 4.16. The molecule has 1 rings (SSSR count). The normalized spacial score (nSPS) is 10.0. The summed E-state index contributed by atoms with van der Waals surface area (Å²) >= 11 is 5.86. The van der Waals surface area contributed by atoms with Crippen LogP contribution in [0.2, 0.25) is 5.02 Å². The minimum atomic E-state index is 0.0179. The van der Waals surface area contributed by atoms with Gasteiger partial charge in [-0.25, -0.2) is 0 Å². The van der Waals surface area contributed by atoms with E-state index in [9.17, 15) is 9.90 Å². The predicted molar refractivity (Wildman–Crippen MR) is 52.5 cm³/mol. The highest BCUT2D eigenvalue weighted by Gasteiger charge is 2.09. The van der Waals surface area contributed by atoms with Crippen LogP contribution in [0.25, 0.3) is 0 Å². The third-order valence-electron chi connectivity index (χ3n) is 1.88. The molecule has 1 N–H and O–H groups in total. The first-order chi connectivity index (χ1) is 6.20. The minimum Gasteiger partial charge on any atom is -0.507 e. The number of aromatic hydroxyl groups is 1. The van der Waals surface area contributed by atoms with Gasteiger partial charge < -0.3 is 5.11 Å². The summed E-state index contributed by atoms with van der Waals surface area (Å²) in [6.45, 7) is 1.99. The van der Waals surface area contributed by atoms with Crippen molar-refractivity contribution < 1.29 is 9.90 Å². The van der Waals surface area contributed by atoms with E-state index in [0.717, 1.165) is 6.42 Å². The maximum absolute atomic E-state index is 10.5. The molecule has 0 aromatic heterocycles. The summed E-state index contributed by atoms with van der Waals surface area (Å²) in [7, 11) is 0. The molecule has 0 saturated carbocycles. The lowest BCUT2D eigenvalue weighted by Crippen LogP contribution is -1.90. The van der Waals surface area contributed by atoms with Gasteiger partial charge in [0, 0.05) is 10.6 Å². The number of rotatable bonds is 3. The van der Waals surface area contributed by atoms with E-state index in [1.165, 1.54) is 6.07 Å². The molecular formula is C10H11ClO2. The van der Waals surface area contributed by atoms with E-state index in [1.54, 1.807) is 6.07 Å². The minimum absolute atomic E-state index is 0.0179. The number of aldehydes is 1. The van der Waals surface area contributed by atoms with E-state index in [4.69, 9.17) is 11.6 Å². The van der Waals surface area contributed by atoms with Gasteiger partial charge in [0.2, 0.25) is 0 Å². The van der Waals surface area contributed by atoms with Crippen LogP contribution in [-0.2, 0) is 6.42 Å². The number of carbonyl (C=O) groups excluding carboxylic acids is 1. The van der Waals surface area contributed by atoms with E-state index < -0.39 is 0 Å². The third-order valence-corrected chi connectivity index (χ3v) is 2.24. The van der Waals surface area contributed by atoms with Gasteiger partial charge in [0.15, 0.2) is 6.29 Å². The van der Waals surface area contributed by atoms with Crippen molar-refractivity contribution in [2.24, 2.45) is 0 Å². The maximum atomic E-state index is 10.5. The Balaban J connectivity index is 3.21. The molecule has 70 valence electrons. The molecule has 0 radical (unpaired) electrons. The smallest absolute Gasteiger partial charge is 0.153 e. The van der Waals surface area contributed by atoms with Crippen LogP contribution in [0.1, 0.15) is 29.3 Å². The summed E-state index contributed by atoms with van der Waals surface area (Å²) < 4.78 is 0. The molecule has 3 heteroatoms. The molecule has 0 unspecified atom stereocenters. The summed E-state index contributed by atoms with van der Waals surface area (Å²) in [6, 6.07) is 3.15. The zero-order chi connectivity index (χ0) is 9.84. The van der Waals surface area contributed by atoms with Crippen LogP contribution in [0.5, 0.6) is 5.75 Å². The zero-order valence-corrected chi connectivity index (χ0v) is 8.14. The fourth-order valence-electron chi connectivity index (χ4n) is 1.21. The van der Waals surface area contributed by atoms with Crippen molar-refractivity contribution in [1.29, 1.82) is 0 Å². The van der Waals surface area contributed by atoms with Crippen molar-refractivity contribution in [3.8, 4) is 5.75 Å². The second-order valence-electron chi connectivity index (χ2n) is 2.83. The lowest BCUT2D eigenvalue weighted by molar-refractivity contribution is 0.112. The van der Waals surface area contributed by atoms with Crippen LogP contribution in [0.4, 0.5) is 0 Å². The number of benzene rings is 1. The van der Waals surface area contributed by atoms with Gasteiger partial charge in [-0.2, -0.15) is 0 Å². The van der Waals surface area contributed by atoms with Gasteiger partial charge in [0.25, 0.3) is 0 Å². The molecule has 0 aliphatic heterocycles. The lowest BCUT2D eigenvalue weighted by atomic mass is 10.1. The molecule has 1 aromatic carbocycles. The topological polar surface area (TPSA) is 37.3 Å². The standard InChI is InChI=1S/C10H11ClO2/c1-2-3-8-9(11)5-4-7(6-12)10(8)13/h4-6,13H,2-3H2,1H3. The van der Waals surface area contributed by atoms with Crippen LogP contribution < -0.4 is 0 Å². The van der Waals surface area contributed by atoms with E-state index >= 15 is 0 Å². The number of phenolic OH excluding ortho intramolecular Hbond substituents is 1. The Kier molecular flexibility index (Phi) is 3.32.